The van der Waals surface area contributed by atoms with Gasteiger partial charge in [0.25, 0.3) is 5.91 Å². The SMILES string of the molecule is CCC(C(=O)NC)N(Cc1ccc(OC)cc1)C(=O)COc1ccc(Cl)cc1Br. The summed E-state index contributed by atoms with van der Waals surface area (Å²) in [5.41, 5.74) is 0.883. The summed E-state index contributed by atoms with van der Waals surface area (Å²) in [6.07, 6.45) is 0.478. The predicted octanol–water partition coefficient (Wildman–Crippen LogP) is 4.04. The lowest BCUT2D eigenvalue weighted by molar-refractivity contribution is -0.142. The molecule has 1 unspecified atom stereocenters. The highest BCUT2D eigenvalue weighted by Crippen LogP contribution is 2.28. The van der Waals surface area contributed by atoms with Gasteiger partial charge in [0, 0.05) is 18.6 Å². The van der Waals surface area contributed by atoms with Gasteiger partial charge in [-0.25, -0.2) is 0 Å². The van der Waals surface area contributed by atoms with Gasteiger partial charge in [-0.05, 0) is 58.2 Å². The van der Waals surface area contributed by atoms with Crippen molar-refractivity contribution >= 4 is 39.3 Å². The number of benzene rings is 2. The van der Waals surface area contributed by atoms with Crippen LogP contribution in [0.25, 0.3) is 0 Å². The van der Waals surface area contributed by atoms with Gasteiger partial charge in [-0.15, -0.1) is 0 Å². The van der Waals surface area contributed by atoms with Crippen LogP contribution in [0.4, 0.5) is 0 Å². The lowest BCUT2D eigenvalue weighted by Gasteiger charge is -2.30. The molecule has 0 spiro atoms. The number of carbonyl (C=O) groups is 2. The van der Waals surface area contributed by atoms with E-state index >= 15 is 0 Å². The number of methoxy groups -OCH3 is 1. The molecular weight excluding hydrogens is 460 g/mol. The summed E-state index contributed by atoms with van der Waals surface area (Å²) >= 11 is 9.31. The Morgan fingerprint density at radius 1 is 1.21 bits per heavy atom. The number of halogens is 2. The van der Waals surface area contributed by atoms with E-state index in [1.807, 2.05) is 31.2 Å². The number of amides is 2. The number of likely N-dealkylation sites (N-methyl/N-ethyl adjacent to an activating group) is 1. The minimum atomic E-state index is -0.605. The van der Waals surface area contributed by atoms with Gasteiger partial charge < -0.3 is 19.7 Å². The van der Waals surface area contributed by atoms with Crippen LogP contribution < -0.4 is 14.8 Å². The molecule has 2 aromatic rings. The van der Waals surface area contributed by atoms with Gasteiger partial charge in [0.15, 0.2) is 6.61 Å². The third-order valence-electron chi connectivity index (χ3n) is 4.39. The Labute approximate surface area is 184 Å². The highest BCUT2D eigenvalue weighted by Gasteiger charge is 2.28. The van der Waals surface area contributed by atoms with Crippen LogP contribution in [0.3, 0.4) is 0 Å². The molecule has 2 aromatic carbocycles. The molecule has 1 N–H and O–H groups in total. The van der Waals surface area contributed by atoms with Crippen molar-refractivity contribution in [2.45, 2.75) is 25.9 Å². The van der Waals surface area contributed by atoms with Crippen LogP contribution in [0.2, 0.25) is 5.02 Å². The number of nitrogens with zero attached hydrogens (tertiary/aromatic N) is 1. The summed E-state index contributed by atoms with van der Waals surface area (Å²) in [5.74, 6) is 0.709. The molecule has 0 aliphatic carbocycles. The minimum absolute atomic E-state index is 0.204. The zero-order chi connectivity index (χ0) is 21.4. The standard InChI is InChI=1S/C21H24BrClN2O4/c1-4-18(21(27)24-2)25(12-14-5-8-16(28-3)9-6-14)20(26)13-29-19-10-7-15(23)11-17(19)22/h5-11,18H,4,12-13H2,1-3H3,(H,24,27). The van der Waals surface area contributed by atoms with Crippen LogP contribution in [-0.4, -0.2) is 43.5 Å². The van der Waals surface area contributed by atoms with E-state index in [9.17, 15) is 9.59 Å². The largest absolute Gasteiger partial charge is 0.497 e. The fourth-order valence-corrected chi connectivity index (χ4v) is 3.63. The maximum absolute atomic E-state index is 13.0. The van der Waals surface area contributed by atoms with Gasteiger partial charge in [-0.2, -0.15) is 0 Å². The number of ether oxygens (including phenoxy) is 2. The molecule has 0 radical (unpaired) electrons. The first-order valence-corrected chi connectivity index (χ1v) is 10.3. The monoisotopic (exact) mass is 482 g/mol. The molecule has 2 rings (SSSR count). The third-order valence-corrected chi connectivity index (χ3v) is 5.24. The molecule has 0 aromatic heterocycles. The molecule has 0 fully saturated rings. The zero-order valence-corrected chi connectivity index (χ0v) is 18.9. The predicted molar refractivity (Wildman–Crippen MR) is 116 cm³/mol. The number of rotatable bonds is 9. The van der Waals surface area contributed by atoms with E-state index < -0.39 is 6.04 Å². The van der Waals surface area contributed by atoms with Crippen LogP contribution in [0.15, 0.2) is 46.9 Å². The highest BCUT2D eigenvalue weighted by molar-refractivity contribution is 9.10. The average Bonchev–Trinajstić information content (AvgIpc) is 2.73. The fourth-order valence-electron chi connectivity index (χ4n) is 2.83. The molecule has 0 aliphatic rings. The van der Waals surface area contributed by atoms with Crippen molar-refractivity contribution in [3.8, 4) is 11.5 Å². The van der Waals surface area contributed by atoms with E-state index in [0.717, 1.165) is 11.3 Å². The summed E-state index contributed by atoms with van der Waals surface area (Å²) in [7, 11) is 3.15. The molecule has 0 saturated carbocycles. The van der Waals surface area contributed by atoms with E-state index in [1.54, 1.807) is 32.4 Å². The van der Waals surface area contributed by atoms with Crippen molar-refractivity contribution in [2.24, 2.45) is 0 Å². The summed E-state index contributed by atoms with van der Waals surface area (Å²) in [6, 6.07) is 11.8. The van der Waals surface area contributed by atoms with E-state index in [-0.39, 0.29) is 25.0 Å². The molecule has 0 bridgehead atoms. The average molecular weight is 484 g/mol. The van der Waals surface area contributed by atoms with Crippen LogP contribution in [0, 0.1) is 0 Å². The topological polar surface area (TPSA) is 67.9 Å². The second-order valence-corrected chi connectivity index (χ2v) is 7.56. The molecule has 0 aliphatic heterocycles. The molecule has 8 heteroatoms. The molecule has 6 nitrogen and oxygen atoms in total. The van der Waals surface area contributed by atoms with E-state index in [0.29, 0.717) is 21.7 Å². The first-order chi connectivity index (χ1) is 13.9. The van der Waals surface area contributed by atoms with Gasteiger partial charge in [0.2, 0.25) is 5.91 Å². The fraction of sp³-hybridized carbons (Fsp3) is 0.333. The van der Waals surface area contributed by atoms with Crippen LogP contribution in [-0.2, 0) is 16.1 Å². The Morgan fingerprint density at radius 3 is 2.45 bits per heavy atom. The second-order valence-electron chi connectivity index (χ2n) is 6.27. The van der Waals surface area contributed by atoms with Crippen molar-refractivity contribution in [1.82, 2.24) is 10.2 Å². The minimum Gasteiger partial charge on any atom is -0.497 e. The van der Waals surface area contributed by atoms with Crippen LogP contribution in [0.1, 0.15) is 18.9 Å². The van der Waals surface area contributed by atoms with Crippen molar-refractivity contribution in [3.63, 3.8) is 0 Å². The van der Waals surface area contributed by atoms with Crippen LogP contribution >= 0.6 is 27.5 Å². The lowest BCUT2D eigenvalue weighted by Crippen LogP contribution is -2.49. The van der Waals surface area contributed by atoms with Gasteiger partial charge in [0.1, 0.15) is 17.5 Å². The maximum Gasteiger partial charge on any atom is 0.261 e. The zero-order valence-electron chi connectivity index (χ0n) is 16.6. The Hall–Kier alpha value is -2.25. The van der Waals surface area contributed by atoms with Gasteiger partial charge in [-0.3, -0.25) is 9.59 Å². The number of carbonyl (C=O) groups excluding carboxylic acids is 2. The smallest absolute Gasteiger partial charge is 0.261 e. The Bertz CT molecular complexity index is 845. The normalized spacial score (nSPS) is 11.5. The lowest BCUT2D eigenvalue weighted by atomic mass is 10.1. The molecule has 0 heterocycles. The molecular formula is C21H24BrClN2O4. The first kappa shape index (κ1) is 23.0. The van der Waals surface area contributed by atoms with Crippen molar-refractivity contribution < 1.29 is 19.1 Å². The summed E-state index contributed by atoms with van der Waals surface area (Å²) in [4.78, 5) is 26.9. The summed E-state index contributed by atoms with van der Waals surface area (Å²) in [5, 5.41) is 3.19. The Kier molecular flexibility index (Phi) is 8.79. The Morgan fingerprint density at radius 2 is 1.90 bits per heavy atom. The van der Waals surface area contributed by atoms with Crippen molar-refractivity contribution in [3.05, 3.63) is 57.5 Å². The van der Waals surface area contributed by atoms with E-state index in [4.69, 9.17) is 21.1 Å². The first-order valence-electron chi connectivity index (χ1n) is 9.11. The summed E-state index contributed by atoms with van der Waals surface area (Å²) < 4.78 is 11.5. The number of hydrogen-bond acceptors (Lipinski definition) is 4. The third kappa shape index (κ3) is 6.37. The van der Waals surface area contributed by atoms with E-state index in [2.05, 4.69) is 21.2 Å². The molecule has 29 heavy (non-hydrogen) atoms. The molecule has 0 saturated heterocycles. The number of hydrogen-bond donors (Lipinski definition) is 1. The van der Waals surface area contributed by atoms with Crippen molar-refractivity contribution in [2.75, 3.05) is 20.8 Å². The number of nitrogens with one attached hydrogen (secondary N) is 1. The van der Waals surface area contributed by atoms with Crippen molar-refractivity contribution in [1.29, 1.82) is 0 Å². The van der Waals surface area contributed by atoms with Gasteiger partial charge in [0.05, 0.1) is 11.6 Å². The maximum atomic E-state index is 13.0. The molecule has 1 atom stereocenters. The summed E-state index contributed by atoms with van der Waals surface area (Å²) in [6.45, 7) is 1.94. The molecule has 2 amide bonds. The highest BCUT2D eigenvalue weighted by atomic mass is 79.9. The Balaban J connectivity index is 2.19. The van der Waals surface area contributed by atoms with E-state index in [1.165, 1.54) is 4.90 Å². The second kappa shape index (κ2) is 11.1. The molecule has 156 valence electrons. The van der Waals surface area contributed by atoms with Crippen LogP contribution in [0.5, 0.6) is 11.5 Å². The quantitative estimate of drug-likeness (QED) is 0.584. The van der Waals surface area contributed by atoms with Gasteiger partial charge in [-0.1, -0.05) is 30.7 Å². The van der Waals surface area contributed by atoms with Gasteiger partial charge >= 0.3 is 0 Å².